The van der Waals surface area contributed by atoms with E-state index in [-0.39, 0.29) is 0 Å². The second-order valence-corrected chi connectivity index (χ2v) is 3.85. The summed E-state index contributed by atoms with van der Waals surface area (Å²) >= 11 is 6.04. The van der Waals surface area contributed by atoms with Crippen molar-refractivity contribution in [1.82, 2.24) is 5.32 Å². The van der Waals surface area contributed by atoms with E-state index in [2.05, 4.69) is 18.3 Å². The van der Waals surface area contributed by atoms with Crippen molar-refractivity contribution in [3.63, 3.8) is 0 Å². The highest BCUT2D eigenvalue weighted by atomic mass is 35.5. The van der Waals surface area contributed by atoms with Crippen molar-refractivity contribution in [2.75, 3.05) is 13.1 Å². The molecule has 1 nitrogen and oxygen atoms in total. The van der Waals surface area contributed by atoms with E-state index in [1.807, 2.05) is 18.2 Å². The quantitative estimate of drug-likeness (QED) is 0.713. The van der Waals surface area contributed by atoms with E-state index in [0.717, 1.165) is 24.5 Å². The van der Waals surface area contributed by atoms with Gasteiger partial charge in [-0.2, -0.15) is 0 Å². The summed E-state index contributed by atoms with van der Waals surface area (Å²) in [6.45, 7) is 4.33. The summed E-state index contributed by atoms with van der Waals surface area (Å²) in [7, 11) is 0. The summed E-state index contributed by atoms with van der Waals surface area (Å²) < 4.78 is 0. The molecular weight excluding hydrogens is 194 g/mol. The van der Waals surface area contributed by atoms with Crippen molar-refractivity contribution in [2.24, 2.45) is 0 Å². The van der Waals surface area contributed by atoms with Gasteiger partial charge in [0.15, 0.2) is 0 Å². The molecule has 0 atom stereocenters. The molecule has 0 aliphatic carbocycles. The molecule has 0 unspecified atom stereocenters. The lowest BCUT2D eigenvalue weighted by molar-refractivity contribution is 0.640. The van der Waals surface area contributed by atoms with E-state index >= 15 is 0 Å². The zero-order valence-electron chi connectivity index (χ0n) is 8.72. The predicted molar refractivity (Wildman–Crippen MR) is 62.9 cm³/mol. The topological polar surface area (TPSA) is 12.0 Å². The fourth-order valence-corrected chi connectivity index (χ4v) is 1.58. The Bertz CT molecular complexity index is 260. The van der Waals surface area contributed by atoms with Crippen LogP contribution in [0.25, 0.3) is 0 Å². The van der Waals surface area contributed by atoms with E-state index < -0.39 is 0 Å². The van der Waals surface area contributed by atoms with E-state index in [9.17, 15) is 0 Å². The van der Waals surface area contributed by atoms with Gasteiger partial charge in [0.05, 0.1) is 0 Å². The number of nitrogens with one attached hydrogen (secondary N) is 1. The highest BCUT2D eigenvalue weighted by molar-refractivity contribution is 6.31. The van der Waals surface area contributed by atoms with Crippen LogP contribution >= 0.6 is 11.6 Å². The van der Waals surface area contributed by atoms with Gasteiger partial charge in [-0.1, -0.05) is 43.1 Å². The van der Waals surface area contributed by atoms with Crippen molar-refractivity contribution in [2.45, 2.75) is 26.2 Å². The zero-order chi connectivity index (χ0) is 10.2. The molecule has 1 aromatic rings. The van der Waals surface area contributed by atoms with Gasteiger partial charge in [0, 0.05) is 5.02 Å². The minimum absolute atomic E-state index is 0.879. The molecule has 0 radical (unpaired) electrons. The minimum Gasteiger partial charge on any atom is -0.316 e. The molecule has 1 aromatic carbocycles. The Hall–Kier alpha value is -0.530. The molecule has 0 fully saturated rings. The van der Waals surface area contributed by atoms with Crippen LogP contribution in [0, 0.1) is 0 Å². The molecular formula is C12H18ClN. The van der Waals surface area contributed by atoms with Crippen LogP contribution in [-0.4, -0.2) is 13.1 Å². The molecule has 0 bridgehead atoms. The van der Waals surface area contributed by atoms with Gasteiger partial charge in [-0.05, 0) is 37.6 Å². The number of benzene rings is 1. The standard InChI is InChI=1S/C12H18ClN/c1-2-3-9-14-10-8-11-6-4-5-7-12(11)13/h4-7,14H,2-3,8-10H2,1H3. The largest absolute Gasteiger partial charge is 0.316 e. The van der Waals surface area contributed by atoms with Crippen molar-refractivity contribution in [3.8, 4) is 0 Å². The van der Waals surface area contributed by atoms with Crippen molar-refractivity contribution in [3.05, 3.63) is 34.9 Å². The normalized spacial score (nSPS) is 10.4. The third-order valence-electron chi connectivity index (χ3n) is 2.24. The smallest absolute Gasteiger partial charge is 0.0438 e. The SMILES string of the molecule is CCCCNCCc1ccccc1Cl. The van der Waals surface area contributed by atoms with Crippen molar-refractivity contribution >= 4 is 11.6 Å². The Kier molecular flexibility index (Phi) is 5.65. The van der Waals surface area contributed by atoms with E-state index in [1.165, 1.54) is 18.4 Å². The van der Waals surface area contributed by atoms with Gasteiger partial charge >= 0.3 is 0 Å². The fraction of sp³-hybridized carbons (Fsp3) is 0.500. The van der Waals surface area contributed by atoms with E-state index in [0.29, 0.717) is 0 Å². The number of rotatable bonds is 6. The van der Waals surface area contributed by atoms with Gasteiger partial charge in [-0.3, -0.25) is 0 Å². The lowest BCUT2D eigenvalue weighted by atomic mass is 10.1. The summed E-state index contributed by atoms with van der Waals surface area (Å²) in [6.07, 6.45) is 3.52. The highest BCUT2D eigenvalue weighted by Crippen LogP contribution is 2.14. The van der Waals surface area contributed by atoms with Crippen molar-refractivity contribution in [1.29, 1.82) is 0 Å². The Morgan fingerprint density at radius 3 is 2.71 bits per heavy atom. The Morgan fingerprint density at radius 2 is 2.00 bits per heavy atom. The summed E-state index contributed by atoms with van der Waals surface area (Å²) in [5.41, 5.74) is 1.23. The van der Waals surface area contributed by atoms with Crippen LogP contribution in [0.4, 0.5) is 0 Å². The Labute approximate surface area is 91.5 Å². The molecule has 78 valence electrons. The number of halogens is 1. The lowest BCUT2D eigenvalue weighted by Crippen LogP contribution is -2.18. The average molecular weight is 212 g/mol. The molecule has 0 saturated heterocycles. The Balaban J connectivity index is 2.21. The van der Waals surface area contributed by atoms with Gasteiger partial charge in [-0.25, -0.2) is 0 Å². The minimum atomic E-state index is 0.879. The second kappa shape index (κ2) is 6.86. The van der Waals surface area contributed by atoms with Crippen LogP contribution in [0.3, 0.4) is 0 Å². The molecule has 1 N–H and O–H groups in total. The third kappa shape index (κ3) is 4.12. The number of hydrogen-bond acceptors (Lipinski definition) is 1. The molecule has 0 spiro atoms. The molecule has 1 rings (SSSR count). The van der Waals surface area contributed by atoms with Crippen LogP contribution in [-0.2, 0) is 6.42 Å². The summed E-state index contributed by atoms with van der Waals surface area (Å²) in [5, 5.41) is 4.28. The maximum atomic E-state index is 6.04. The second-order valence-electron chi connectivity index (χ2n) is 3.44. The number of unbranched alkanes of at least 4 members (excludes halogenated alkanes) is 1. The maximum Gasteiger partial charge on any atom is 0.0438 e. The molecule has 0 amide bonds. The third-order valence-corrected chi connectivity index (χ3v) is 2.60. The predicted octanol–water partition coefficient (Wildman–Crippen LogP) is 3.27. The summed E-state index contributed by atoms with van der Waals surface area (Å²) in [4.78, 5) is 0. The van der Waals surface area contributed by atoms with Gasteiger partial charge in [0.1, 0.15) is 0 Å². The molecule has 0 aliphatic rings. The highest BCUT2D eigenvalue weighted by Gasteiger charge is 1.97. The molecule has 2 heteroatoms. The average Bonchev–Trinajstić information content (AvgIpc) is 2.20. The van der Waals surface area contributed by atoms with E-state index in [4.69, 9.17) is 11.6 Å². The first kappa shape index (κ1) is 11.5. The van der Waals surface area contributed by atoms with Gasteiger partial charge in [0.25, 0.3) is 0 Å². The first-order valence-corrected chi connectivity index (χ1v) is 5.66. The van der Waals surface area contributed by atoms with Crippen LogP contribution in [0.2, 0.25) is 5.02 Å². The molecule has 0 aromatic heterocycles. The van der Waals surface area contributed by atoms with Gasteiger partial charge in [-0.15, -0.1) is 0 Å². The molecule has 14 heavy (non-hydrogen) atoms. The van der Waals surface area contributed by atoms with Gasteiger partial charge in [0.2, 0.25) is 0 Å². The summed E-state index contributed by atoms with van der Waals surface area (Å²) in [5.74, 6) is 0. The molecule has 0 saturated carbocycles. The summed E-state index contributed by atoms with van der Waals surface area (Å²) in [6, 6.07) is 8.04. The first-order valence-electron chi connectivity index (χ1n) is 5.28. The van der Waals surface area contributed by atoms with Crippen LogP contribution in [0.5, 0.6) is 0 Å². The zero-order valence-corrected chi connectivity index (χ0v) is 9.48. The number of hydrogen-bond donors (Lipinski definition) is 1. The van der Waals surface area contributed by atoms with Crippen LogP contribution in [0.15, 0.2) is 24.3 Å². The maximum absolute atomic E-state index is 6.04. The van der Waals surface area contributed by atoms with Crippen molar-refractivity contribution < 1.29 is 0 Å². The van der Waals surface area contributed by atoms with Crippen LogP contribution < -0.4 is 5.32 Å². The van der Waals surface area contributed by atoms with E-state index in [1.54, 1.807) is 0 Å². The first-order chi connectivity index (χ1) is 6.84. The Morgan fingerprint density at radius 1 is 1.21 bits per heavy atom. The fourth-order valence-electron chi connectivity index (χ4n) is 1.35. The monoisotopic (exact) mass is 211 g/mol. The van der Waals surface area contributed by atoms with Crippen LogP contribution in [0.1, 0.15) is 25.3 Å². The molecule has 0 heterocycles. The molecule has 0 aliphatic heterocycles. The van der Waals surface area contributed by atoms with Gasteiger partial charge < -0.3 is 5.32 Å². The lowest BCUT2D eigenvalue weighted by Gasteiger charge is -2.05.